The highest BCUT2D eigenvalue weighted by molar-refractivity contribution is 7.10. The normalized spacial score (nSPS) is 13.0. The van der Waals surface area contributed by atoms with Gasteiger partial charge >= 0.3 is 5.97 Å². The van der Waals surface area contributed by atoms with E-state index in [4.69, 9.17) is 9.47 Å². The maximum atomic E-state index is 12.2. The molecular weight excluding hydrogens is 366 g/mol. The lowest BCUT2D eigenvalue weighted by Crippen LogP contribution is -2.38. The van der Waals surface area contributed by atoms with Crippen molar-refractivity contribution < 1.29 is 23.9 Å². The summed E-state index contributed by atoms with van der Waals surface area (Å²) in [6, 6.07) is 8.61. The highest BCUT2D eigenvalue weighted by atomic mass is 32.1. The number of ketones is 1. The van der Waals surface area contributed by atoms with Gasteiger partial charge in [-0.25, -0.2) is 4.79 Å². The third-order valence-corrected chi connectivity index (χ3v) is 5.39. The maximum absolute atomic E-state index is 12.2. The van der Waals surface area contributed by atoms with Crippen molar-refractivity contribution in [3.05, 3.63) is 51.7 Å². The molecule has 1 aliphatic rings. The van der Waals surface area contributed by atoms with Gasteiger partial charge in [-0.2, -0.15) is 0 Å². The van der Waals surface area contributed by atoms with Crippen LogP contribution >= 0.6 is 11.3 Å². The van der Waals surface area contributed by atoms with Crippen LogP contribution in [0.2, 0.25) is 0 Å². The highest BCUT2D eigenvalue weighted by Crippen LogP contribution is 2.24. The molecule has 0 aliphatic carbocycles. The molecule has 1 amide bonds. The van der Waals surface area contributed by atoms with E-state index in [0.717, 1.165) is 6.42 Å². The van der Waals surface area contributed by atoms with Crippen LogP contribution in [-0.2, 0) is 27.3 Å². The number of Topliss-reactive ketones (excluding diaryl/α,β-unsaturated/α-hetero) is 1. The van der Waals surface area contributed by atoms with Crippen LogP contribution in [0.3, 0.4) is 0 Å². The number of thiophene rings is 1. The zero-order valence-corrected chi connectivity index (χ0v) is 15.9. The minimum absolute atomic E-state index is 0.0479. The number of esters is 1. The second-order valence-electron chi connectivity index (χ2n) is 6.18. The second kappa shape index (κ2) is 8.81. The average molecular weight is 387 g/mol. The Balaban J connectivity index is 1.41. The molecule has 1 aromatic carbocycles. The van der Waals surface area contributed by atoms with Crippen molar-refractivity contribution in [3.63, 3.8) is 0 Å². The summed E-state index contributed by atoms with van der Waals surface area (Å²) in [4.78, 5) is 38.6. The number of amides is 1. The molecule has 0 saturated heterocycles. The third kappa shape index (κ3) is 4.95. The Morgan fingerprint density at radius 3 is 2.63 bits per heavy atom. The van der Waals surface area contributed by atoms with E-state index in [2.05, 4.69) is 0 Å². The smallest absolute Gasteiger partial charge is 0.344 e. The number of fused-ring (bicyclic) bond motifs is 1. The molecule has 7 heteroatoms. The van der Waals surface area contributed by atoms with Gasteiger partial charge in [0.2, 0.25) is 0 Å². The van der Waals surface area contributed by atoms with Crippen LogP contribution in [0.25, 0.3) is 0 Å². The largest absolute Gasteiger partial charge is 0.482 e. The monoisotopic (exact) mass is 387 g/mol. The van der Waals surface area contributed by atoms with Gasteiger partial charge in [0.05, 0.1) is 0 Å². The molecule has 0 bridgehead atoms. The topological polar surface area (TPSA) is 72.9 Å². The van der Waals surface area contributed by atoms with Gasteiger partial charge < -0.3 is 14.4 Å². The lowest BCUT2D eigenvalue weighted by Gasteiger charge is -2.26. The van der Waals surface area contributed by atoms with Crippen LogP contribution < -0.4 is 4.74 Å². The van der Waals surface area contributed by atoms with Crippen LogP contribution in [0.5, 0.6) is 5.75 Å². The zero-order chi connectivity index (χ0) is 19.2. The lowest BCUT2D eigenvalue weighted by atomic mass is 10.1. The first-order chi connectivity index (χ1) is 13.1. The fraction of sp³-hybridized carbons (Fsp3) is 0.350. The van der Waals surface area contributed by atoms with E-state index in [0.29, 0.717) is 30.8 Å². The molecule has 0 saturated carbocycles. The van der Waals surface area contributed by atoms with Gasteiger partial charge in [-0.15, -0.1) is 11.3 Å². The Morgan fingerprint density at radius 2 is 1.89 bits per heavy atom. The fourth-order valence-electron chi connectivity index (χ4n) is 2.82. The van der Waals surface area contributed by atoms with Crippen LogP contribution in [-0.4, -0.2) is 42.3 Å². The van der Waals surface area contributed by atoms with E-state index in [9.17, 15) is 14.4 Å². The molecule has 27 heavy (non-hydrogen) atoms. The number of carbonyl (C=O) groups excluding carboxylic acids is 3. The van der Waals surface area contributed by atoms with E-state index in [1.165, 1.54) is 10.4 Å². The van der Waals surface area contributed by atoms with Crippen molar-refractivity contribution in [1.82, 2.24) is 4.90 Å². The van der Waals surface area contributed by atoms with Crippen LogP contribution in [0.15, 0.2) is 35.7 Å². The summed E-state index contributed by atoms with van der Waals surface area (Å²) in [7, 11) is 0. The van der Waals surface area contributed by atoms with Crippen LogP contribution in [0.1, 0.15) is 34.1 Å². The molecule has 0 atom stereocenters. The Labute approximate surface area is 161 Å². The van der Waals surface area contributed by atoms with Crippen LogP contribution in [0, 0.1) is 0 Å². The summed E-state index contributed by atoms with van der Waals surface area (Å²) >= 11 is 1.71. The molecule has 1 aromatic heterocycles. The summed E-state index contributed by atoms with van der Waals surface area (Å²) in [5, 5.41) is 2.03. The molecule has 0 spiro atoms. The first kappa shape index (κ1) is 19.1. The van der Waals surface area contributed by atoms with E-state index in [1.807, 2.05) is 11.4 Å². The molecule has 0 N–H and O–H groups in total. The third-order valence-electron chi connectivity index (χ3n) is 4.37. The lowest BCUT2D eigenvalue weighted by molar-refractivity contribution is -0.154. The molecule has 0 radical (unpaired) electrons. The summed E-state index contributed by atoms with van der Waals surface area (Å²) in [6.07, 6.45) is 1.28. The standard InChI is InChI=1S/C20H21NO5S/c1-2-17(22)14-3-5-16(6-4-14)25-13-20(24)26-12-19(23)21-9-7-18-15(11-21)8-10-27-18/h3-6,8,10H,2,7,9,11-13H2,1H3. The minimum Gasteiger partial charge on any atom is -0.482 e. The average Bonchev–Trinajstić information content (AvgIpc) is 3.18. The maximum Gasteiger partial charge on any atom is 0.344 e. The number of nitrogens with zero attached hydrogens (tertiary/aromatic N) is 1. The number of benzene rings is 1. The molecule has 2 aromatic rings. The van der Waals surface area contributed by atoms with Crippen molar-refractivity contribution in [2.75, 3.05) is 19.8 Å². The first-order valence-electron chi connectivity index (χ1n) is 8.81. The van der Waals surface area contributed by atoms with Gasteiger partial charge in [0, 0.05) is 30.0 Å². The Hall–Kier alpha value is -2.67. The van der Waals surface area contributed by atoms with Gasteiger partial charge in [0.15, 0.2) is 19.0 Å². The van der Waals surface area contributed by atoms with Gasteiger partial charge in [-0.3, -0.25) is 9.59 Å². The van der Waals surface area contributed by atoms with Gasteiger partial charge in [0.1, 0.15) is 5.75 Å². The highest BCUT2D eigenvalue weighted by Gasteiger charge is 2.22. The Bertz CT molecular complexity index is 827. The number of carbonyl (C=O) groups is 3. The quantitative estimate of drug-likeness (QED) is 0.540. The number of hydrogen-bond acceptors (Lipinski definition) is 6. The minimum atomic E-state index is -0.606. The van der Waals surface area contributed by atoms with Crippen molar-refractivity contribution in [3.8, 4) is 5.75 Å². The molecular formula is C20H21NO5S. The van der Waals surface area contributed by atoms with Crippen molar-refractivity contribution >= 4 is 29.0 Å². The second-order valence-corrected chi connectivity index (χ2v) is 7.19. The van der Waals surface area contributed by atoms with Gasteiger partial charge in [-0.05, 0) is 47.7 Å². The molecule has 0 unspecified atom stereocenters. The van der Waals surface area contributed by atoms with E-state index < -0.39 is 5.97 Å². The predicted molar refractivity (Wildman–Crippen MR) is 101 cm³/mol. The summed E-state index contributed by atoms with van der Waals surface area (Å²) in [5.74, 6) is -0.299. The summed E-state index contributed by atoms with van der Waals surface area (Å²) in [6.45, 7) is 2.43. The molecule has 3 rings (SSSR count). The molecule has 1 aliphatic heterocycles. The van der Waals surface area contributed by atoms with E-state index in [-0.39, 0.29) is 24.9 Å². The van der Waals surface area contributed by atoms with E-state index in [1.54, 1.807) is 47.4 Å². The number of hydrogen-bond donors (Lipinski definition) is 0. The SMILES string of the molecule is CCC(=O)c1ccc(OCC(=O)OCC(=O)N2CCc3sccc3C2)cc1. The zero-order valence-electron chi connectivity index (χ0n) is 15.1. The Morgan fingerprint density at radius 1 is 1.11 bits per heavy atom. The van der Waals surface area contributed by atoms with Crippen LogP contribution in [0.4, 0.5) is 0 Å². The molecule has 142 valence electrons. The number of rotatable bonds is 7. The molecule has 0 fully saturated rings. The summed E-state index contributed by atoms with van der Waals surface area (Å²) in [5.41, 5.74) is 1.77. The van der Waals surface area contributed by atoms with Gasteiger partial charge in [0.25, 0.3) is 5.91 Å². The van der Waals surface area contributed by atoms with Gasteiger partial charge in [-0.1, -0.05) is 6.92 Å². The molecule has 2 heterocycles. The van der Waals surface area contributed by atoms with Crippen molar-refractivity contribution in [2.45, 2.75) is 26.3 Å². The Kier molecular flexibility index (Phi) is 6.24. The predicted octanol–water partition coefficient (Wildman–Crippen LogP) is 2.85. The van der Waals surface area contributed by atoms with Crippen molar-refractivity contribution in [2.24, 2.45) is 0 Å². The fourth-order valence-corrected chi connectivity index (χ4v) is 3.71. The van der Waals surface area contributed by atoms with Crippen molar-refractivity contribution in [1.29, 1.82) is 0 Å². The van der Waals surface area contributed by atoms with E-state index >= 15 is 0 Å². The molecule has 6 nitrogen and oxygen atoms in total. The summed E-state index contributed by atoms with van der Waals surface area (Å²) < 4.78 is 10.4. The first-order valence-corrected chi connectivity index (χ1v) is 9.69. The number of ether oxygens (including phenoxy) is 2.